The summed E-state index contributed by atoms with van der Waals surface area (Å²) < 4.78 is 0. The van der Waals surface area contributed by atoms with Gasteiger partial charge in [0.25, 0.3) is 5.69 Å². The maximum Gasteiger partial charge on any atom is 0.274 e. The van der Waals surface area contributed by atoms with Crippen molar-refractivity contribution >= 4 is 17.3 Å². The Labute approximate surface area is 117 Å². The Morgan fingerprint density at radius 1 is 1.55 bits per heavy atom. The fourth-order valence-electron chi connectivity index (χ4n) is 2.48. The van der Waals surface area contributed by atoms with Crippen molar-refractivity contribution in [2.45, 2.75) is 38.6 Å². The third-order valence-electron chi connectivity index (χ3n) is 3.66. The SMILES string of the molecule is Cc1c(NC(=O)CCC2CCCN2)cccc1[N+](=O)[O-]. The number of nitrogens with one attached hydrogen (secondary N) is 2. The van der Waals surface area contributed by atoms with E-state index in [4.69, 9.17) is 0 Å². The van der Waals surface area contributed by atoms with Crippen LogP contribution in [0, 0.1) is 17.0 Å². The lowest BCUT2D eigenvalue weighted by molar-refractivity contribution is -0.385. The molecule has 1 aromatic rings. The molecular weight excluding hydrogens is 258 g/mol. The second-order valence-corrected chi connectivity index (χ2v) is 5.09. The van der Waals surface area contributed by atoms with Crippen LogP contribution in [0.2, 0.25) is 0 Å². The van der Waals surface area contributed by atoms with E-state index in [0.29, 0.717) is 23.7 Å². The van der Waals surface area contributed by atoms with Gasteiger partial charge in [-0.1, -0.05) is 6.07 Å². The zero-order valence-electron chi connectivity index (χ0n) is 11.5. The average molecular weight is 277 g/mol. The van der Waals surface area contributed by atoms with Gasteiger partial charge in [0.15, 0.2) is 0 Å². The van der Waals surface area contributed by atoms with Crippen molar-refractivity contribution in [3.05, 3.63) is 33.9 Å². The molecule has 1 aliphatic heterocycles. The summed E-state index contributed by atoms with van der Waals surface area (Å²) in [5.74, 6) is -0.0951. The first kappa shape index (κ1) is 14.5. The Morgan fingerprint density at radius 2 is 2.35 bits per heavy atom. The van der Waals surface area contributed by atoms with Gasteiger partial charge in [-0.15, -0.1) is 0 Å². The number of nitro benzene ring substituents is 1. The van der Waals surface area contributed by atoms with E-state index in [9.17, 15) is 14.9 Å². The lowest BCUT2D eigenvalue weighted by Gasteiger charge is -2.11. The quantitative estimate of drug-likeness (QED) is 0.639. The monoisotopic (exact) mass is 277 g/mol. The standard InChI is InChI=1S/C14H19N3O3/c1-10-12(5-2-6-13(10)17(19)20)16-14(18)8-7-11-4-3-9-15-11/h2,5-6,11,15H,3-4,7-9H2,1H3,(H,16,18). The van der Waals surface area contributed by atoms with Crippen LogP contribution in [0.3, 0.4) is 0 Å². The highest BCUT2D eigenvalue weighted by atomic mass is 16.6. The van der Waals surface area contributed by atoms with Crippen molar-refractivity contribution in [2.75, 3.05) is 11.9 Å². The number of benzene rings is 1. The van der Waals surface area contributed by atoms with Crippen LogP contribution in [0.5, 0.6) is 0 Å². The molecule has 1 heterocycles. The van der Waals surface area contributed by atoms with E-state index in [1.807, 2.05) is 0 Å². The Hall–Kier alpha value is -1.95. The second-order valence-electron chi connectivity index (χ2n) is 5.09. The summed E-state index contributed by atoms with van der Waals surface area (Å²) in [6.07, 6.45) is 3.51. The van der Waals surface area contributed by atoms with Gasteiger partial charge in [0.05, 0.1) is 16.2 Å². The van der Waals surface area contributed by atoms with Crippen LogP contribution >= 0.6 is 0 Å². The van der Waals surface area contributed by atoms with Gasteiger partial charge in [-0.2, -0.15) is 0 Å². The summed E-state index contributed by atoms with van der Waals surface area (Å²) in [5, 5.41) is 16.9. The number of amides is 1. The minimum atomic E-state index is -0.437. The van der Waals surface area contributed by atoms with E-state index in [1.54, 1.807) is 19.1 Å². The molecule has 1 aromatic carbocycles. The molecule has 1 atom stereocenters. The molecule has 0 aromatic heterocycles. The Kier molecular flexibility index (Phi) is 4.68. The number of carbonyl (C=O) groups excluding carboxylic acids is 1. The molecule has 0 spiro atoms. The van der Waals surface area contributed by atoms with Crippen LogP contribution in [0.1, 0.15) is 31.2 Å². The van der Waals surface area contributed by atoms with Gasteiger partial charge in [0.2, 0.25) is 5.91 Å². The van der Waals surface area contributed by atoms with Crippen LogP contribution in [0.4, 0.5) is 11.4 Å². The summed E-state index contributed by atoms with van der Waals surface area (Å²) in [5.41, 5.74) is 1.04. The van der Waals surface area contributed by atoms with Crippen molar-refractivity contribution in [1.82, 2.24) is 5.32 Å². The summed E-state index contributed by atoms with van der Waals surface area (Å²) in [7, 11) is 0. The second kappa shape index (κ2) is 6.47. The number of nitrogens with zero attached hydrogens (tertiary/aromatic N) is 1. The van der Waals surface area contributed by atoms with Crippen molar-refractivity contribution < 1.29 is 9.72 Å². The van der Waals surface area contributed by atoms with E-state index in [-0.39, 0.29) is 11.6 Å². The van der Waals surface area contributed by atoms with Crippen LogP contribution in [-0.4, -0.2) is 23.4 Å². The lowest BCUT2D eigenvalue weighted by atomic mass is 10.1. The fraction of sp³-hybridized carbons (Fsp3) is 0.500. The molecule has 2 N–H and O–H groups in total. The van der Waals surface area contributed by atoms with Crippen molar-refractivity contribution in [2.24, 2.45) is 0 Å². The Bertz CT molecular complexity index is 510. The zero-order valence-corrected chi connectivity index (χ0v) is 11.5. The van der Waals surface area contributed by atoms with Crippen molar-refractivity contribution in [3.8, 4) is 0 Å². The van der Waals surface area contributed by atoms with E-state index < -0.39 is 4.92 Å². The van der Waals surface area contributed by atoms with Crippen LogP contribution in [-0.2, 0) is 4.79 Å². The van der Waals surface area contributed by atoms with Crippen molar-refractivity contribution in [3.63, 3.8) is 0 Å². The third kappa shape index (κ3) is 3.54. The molecular formula is C14H19N3O3. The molecule has 108 valence electrons. The molecule has 1 saturated heterocycles. The molecule has 0 bridgehead atoms. The minimum absolute atomic E-state index is 0.0280. The molecule has 0 saturated carbocycles. The number of hydrogen-bond acceptors (Lipinski definition) is 4. The fourth-order valence-corrected chi connectivity index (χ4v) is 2.48. The number of anilines is 1. The molecule has 1 unspecified atom stereocenters. The maximum absolute atomic E-state index is 11.9. The Morgan fingerprint density at radius 3 is 3.00 bits per heavy atom. The first-order valence-corrected chi connectivity index (χ1v) is 6.85. The third-order valence-corrected chi connectivity index (χ3v) is 3.66. The van der Waals surface area contributed by atoms with Gasteiger partial charge in [-0.3, -0.25) is 14.9 Å². The van der Waals surface area contributed by atoms with Gasteiger partial charge in [0.1, 0.15) is 0 Å². The van der Waals surface area contributed by atoms with Crippen LogP contribution in [0.25, 0.3) is 0 Å². The lowest BCUT2D eigenvalue weighted by Crippen LogP contribution is -2.23. The van der Waals surface area contributed by atoms with Gasteiger partial charge in [-0.05, 0) is 38.8 Å². The van der Waals surface area contributed by atoms with Crippen molar-refractivity contribution in [1.29, 1.82) is 0 Å². The van der Waals surface area contributed by atoms with E-state index in [1.165, 1.54) is 6.07 Å². The first-order chi connectivity index (χ1) is 9.58. The zero-order chi connectivity index (χ0) is 14.5. The molecule has 6 heteroatoms. The topological polar surface area (TPSA) is 84.3 Å². The highest BCUT2D eigenvalue weighted by molar-refractivity contribution is 5.92. The van der Waals surface area contributed by atoms with Crippen LogP contribution in [0.15, 0.2) is 18.2 Å². The summed E-state index contributed by atoms with van der Waals surface area (Å²) in [6, 6.07) is 5.13. The predicted molar refractivity (Wildman–Crippen MR) is 76.7 cm³/mol. The molecule has 1 fully saturated rings. The molecule has 0 radical (unpaired) electrons. The smallest absolute Gasteiger partial charge is 0.274 e. The number of carbonyl (C=O) groups is 1. The van der Waals surface area contributed by atoms with Gasteiger partial charge in [0, 0.05) is 18.5 Å². The number of rotatable bonds is 5. The average Bonchev–Trinajstić information content (AvgIpc) is 2.91. The molecule has 20 heavy (non-hydrogen) atoms. The molecule has 1 aliphatic rings. The largest absolute Gasteiger partial charge is 0.326 e. The minimum Gasteiger partial charge on any atom is -0.326 e. The van der Waals surface area contributed by atoms with Gasteiger partial charge in [-0.25, -0.2) is 0 Å². The van der Waals surface area contributed by atoms with Gasteiger partial charge >= 0.3 is 0 Å². The highest BCUT2D eigenvalue weighted by Gasteiger charge is 2.17. The van der Waals surface area contributed by atoms with Gasteiger partial charge < -0.3 is 10.6 Å². The van der Waals surface area contributed by atoms with Crippen LogP contribution < -0.4 is 10.6 Å². The molecule has 2 rings (SSSR count). The van der Waals surface area contributed by atoms with E-state index in [0.717, 1.165) is 25.8 Å². The maximum atomic E-state index is 11.9. The molecule has 0 aliphatic carbocycles. The number of nitro groups is 1. The number of hydrogen-bond donors (Lipinski definition) is 2. The predicted octanol–water partition coefficient (Wildman–Crippen LogP) is 2.37. The molecule has 6 nitrogen and oxygen atoms in total. The summed E-state index contributed by atoms with van der Waals surface area (Å²) in [6.45, 7) is 2.67. The van der Waals surface area contributed by atoms with E-state index >= 15 is 0 Å². The summed E-state index contributed by atoms with van der Waals surface area (Å²) in [4.78, 5) is 22.3. The van der Waals surface area contributed by atoms with E-state index in [2.05, 4.69) is 10.6 Å². The normalized spacial score (nSPS) is 17.9. The first-order valence-electron chi connectivity index (χ1n) is 6.85. The molecule has 1 amide bonds. The Balaban J connectivity index is 1.93. The highest BCUT2D eigenvalue weighted by Crippen LogP contribution is 2.25. The summed E-state index contributed by atoms with van der Waals surface area (Å²) >= 11 is 0.